The Balaban J connectivity index is 2.15. The molecule has 2 N–H and O–H groups in total. The van der Waals surface area contributed by atoms with Crippen LogP contribution in [0, 0.1) is 0 Å². The molecular formula is C9H16N2O. The molecule has 3 nitrogen and oxygen atoms in total. The van der Waals surface area contributed by atoms with Crippen LogP contribution < -0.4 is 5.73 Å². The number of nitrogens with two attached hydrogens (primary N) is 1. The SMILES string of the molecule is CN1C(=O)[C@H](N)C12CCCCC2. The Kier molecular flexibility index (Phi) is 1.65. The fourth-order valence-electron chi connectivity index (χ4n) is 2.61. The molecule has 1 aliphatic heterocycles. The molecule has 0 bridgehead atoms. The second-order valence-corrected chi connectivity index (χ2v) is 4.04. The third kappa shape index (κ3) is 0.774. The van der Waals surface area contributed by atoms with E-state index in [4.69, 9.17) is 5.73 Å². The minimum absolute atomic E-state index is 0.0509. The van der Waals surface area contributed by atoms with Crippen molar-refractivity contribution in [2.45, 2.75) is 43.7 Å². The minimum atomic E-state index is -0.206. The van der Waals surface area contributed by atoms with Crippen molar-refractivity contribution in [2.24, 2.45) is 5.73 Å². The van der Waals surface area contributed by atoms with Crippen LogP contribution in [0.3, 0.4) is 0 Å². The van der Waals surface area contributed by atoms with Crippen molar-refractivity contribution in [1.29, 1.82) is 0 Å². The molecule has 68 valence electrons. The van der Waals surface area contributed by atoms with Crippen LogP contribution in [0.1, 0.15) is 32.1 Å². The number of carbonyl (C=O) groups excluding carboxylic acids is 1. The molecule has 2 fully saturated rings. The van der Waals surface area contributed by atoms with Gasteiger partial charge in [0.25, 0.3) is 0 Å². The molecule has 1 amide bonds. The van der Waals surface area contributed by atoms with Gasteiger partial charge in [-0.15, -0.1) is 0 Å². The molecule has 0 aromatic rings. The van der Waals surface area contributed by atoms with Crippen molar-refractivity contribution in [3.63, 3.8) is 0 Å². The van der Waals surface area contributed by atoms with Crippen LogP contribution in [-0.2, 0) is 4.79 Å². The normalized spacial score (nSPS) is 33.7. The van der Waals surface area contributed by atoms with Gasteiger partial charge in [-0.1, -0.05) is 19.3 Å². The molecule has 1 aliphatic carbocycles. The van der Waals surface area contributed by atoms with Crippen LogP contribution in [0.25, 0.3) is 0 Å². The summed E-state index contributed by atoms with van der Waals surface area (Å²) in [5.74, 6) is 0.122. The molecule has 0 aromatic heterocycles. The molecule has 1 saturated carbocycles. The van der Waals surface area contributed by atoms with Crippen molar-refractivity contribution >= 4 is 5.91 Å². The average molecular weight is 168 g/mol. The van der Waals surface area contributed by atoms with E-state index in [2.05, 4.69) is 0 Å². The molecule has 0 aromatic carbocycles. The van der Waals surface area contributed by atoms with Gasteiger partial charge in [0.15, 0.2) is 0 Å². The summed E-state index contributed by atoms with van der Waals surface area (Å²) >= 11 is 0. The second-order valence-electron chi connectivity index (χ2n) is 4.04. The van der Waals surface area contributed by atoms with Gasteiger partial charge in [-0.3, -0.25) is 4.79 Å². The smallest absolute Gasteiger partial charge is 0.242 e. The van der Waals surface area contributed by atoms with Gasteiger partial charge in [0.05, 0.1) is 5.54 Å². The highest BCUT2D eigenvalue weighted by Gasteiger charge is 2.55. The maximum absolute atomic E-state index is 11.2. The van der Waals surface area contributed by atoms with Crippen molar-refractivity contribution in [3.8, 4) is 0 Å². The zero-order valence-corrected chi connectivity index (χ0v) is 7.55. The largest absolute Gasteiger partial charge is 0.337 e. The zero-order chi connectivity index (χ0) is 8.77. The highest BCUT2D eigenvalue weighted by Crippen LogP contribution is 2.41. The van der Waals surface area contributed by atoms with Gasteiger partial charge in [0.2, 0.25) is 5.91 Å². The molecule has 2 rings (SSSR count). The summed E-state index contributed by atoms with van der Waals surface area (Å²) in [6, 6.07) is -0.206. The summed E-state index contributed by atoms with van der Waals surface area (Å²) in [5, 5.41) is 0. The van der Waals surface area contributed by atoms with E-state index < -0.39 is 0 Å². The minimum Gasteiger partial charge on any atom is -0.337 e. The topological polar surface area (TPSA) is 46.3 Å². The van der Waals surface area contributed by atoms with Gasteiger partial charge in [0.1, 0.15) is 6.04 Å². The van der Waals surface area contributed by atoms with Crippen LogP contribution in [0.15, 0.2) is 0 Å². The van der Waals surface area contributed by atoms with Crippen molar-refractivity contribution < 1.29 is 4.79 Å². The number of hydrogen-bond donors (Lipinski definition) is 1. The molecule has 1 heterocycles. The predicted molar refractivity (Wildman–Crippen MR) is 46.6 cm³/mol. The third-order valence-electron chi connectivity index (χ3n) is 3.56. The zero-order valence-electron chi connectivity index (χ0n) is 7.55. The van der Waals surface area contributed by atoms with E-state index in [-0.39, 0.29) is 17.5 Å². The monoisotopic (exact) mass is 168 g/mol. The molecule has 1 saturated heterocycles. The molecule has 2 aliphatic rings. The molecule has 12 heavy (non-hydrogen) atoms. The number of likely N-dealkylation sites (N-methyl/N-ethyl adjacent to an activating group) is 1. The fraction of sp³-hybridized carbons (Fsp3) is 0.889. The van der Waals surface area contributed by atoms with Gasteiger partial charge >= 0.3 is 0 Å². The van der Waals surface area contributed by atoms with Crippen LogP contribution in [0.2, 0.25) is 0 Å². The number of amides is 1. The predicted octanol–water partition coefficient (Wildman–Crippen LogP) is 0.489. The first-order chi connectivity index (χ1) is 5.68. The van der Waals surface area contributed by atoms with Gasteiger partial charge < -0.3 is 10.6 Å². The standard InChI is InChI=1S/C9H16N2O/c1-11-8(12)7(10)9(11)5-3-2-4-6-9/h7H,2-6,10H2,1H3/t7-/m0/s1. The van der Waals surface area contributed by atoms with Gasteiger partial charge in [-0.25, -0.2) is 0 Å². The van der Waals surface area contributed by atoms with E-state index in [1.54, 1.807) is 0 Å². The van der Waals surface area contributed by atoms with Crippen LogP contribution in [0.5, 0.6) is 0 Å². The van der Waals surface area contributed by atoms with Gasteiger partial charge in [-0.2, -0.15) is 0 Å². The number of β-lactam (4-membered cyclic amide) rings is 1. The molecule has 1 spiro atoms. The lowest BCUT2D eigenvalue weighted by Gasteiger charge is -2.56. The second kappa shape index (κ2) is 2.46. The van der Waals surface area contributed by atoms with Crippen LogP contribution >= 0.6 is 0 Å². The summed E-state index contributed by atoms with van der Waals surface area (Å²) in [4.78, 5) is 13.1. The summed E-state index contributed by atoms with van der Waals surface area (Å²) in [6.45, 7) is 0. The molecule has 0 radical (unpaired) electrons. The van der Waals surface area contributed by atoms with Crippen molar-refractivity contribution in [3.05, 3.63) is 0 Å². The maximum atomic E-state index is 11.2. The van der Waals surface area contributed by atoms with E-state index in [1.807, 2.05) is 11.9 Å². The quantitative estimate of drug-likeness (QED) is 0.535. The van der Waals surface area contributed by atoms with E-state index in [0.29, 0.717) is 0 Å². The van der Waals surface area contributed by atoms with E-state index in [0.717, 1.165) is 12.8 Å². The number of carbonyl (C=O) groups is 1. The van der Waals surface area contributed by atoms with Gasteiger partial charge in [-0.05, 0) is 12.8 Å². The van der Waals surface area contributed by atoms with Crippen molar-refractivity contribution in [1.82, 2.24) is 4.90 Å². The number of likely N-dealkylation sites (tertiary alicyclic amines) is 1. The Morgan fingerprint density at radius 2 is 2.00 bits per heavy atom. The highest BCUT2D eigenvalue weighted by atomic mass is 16.2. The Morgan fingerprint density at radius 3 is 2.50 bits per heavy atom. The molecule has 3 heteroatoms. The van der Waals surface area contributed by atoms with E-state index in [9.17, 15) is 4.79 Å². The molecule has 0 unspecified atom stereocenters. The average Bonchev–Trinajstić information content (AvgIpc) is 2.16. The van der Waals surface area contributed by atoms with Crippen molar-refractivity contribution in [2.75, 3.05) is 7.05 Å². The Hall–Kier alpha value is -0.570. The lowest BCUT2D eigenvalue weighted by atomic mass is 9.69. The summed E-state index contributed by atoms with van der Waals surface area (Å²) < 4.78 is 0. The van der Waals surface area contributed by atoms with Gasteiger partial charge in [0, 0.05) is 7.05 Å². The number of nitrogens with zero attached hydrogens (tertiary/aromatic N) is 1. The Bertz CT molecular complexity index is 195. The number of rotatable bonds is 0. The summed E-state index contributed by atoms with van der Waals surface area (Å²) in [5.41, 5.74) is 5.88. The third-order valence-corrected chi connectivity index (χ3v) is 3.56. The molecule has 1 atom stereocenters. The van der Waals surface area contributed by atoms with Crippen LogP contribution in [-0.4, -0.2) is 29.4 Å². The summed E-state index contributed by atoms with van der Waals surface area (Å²) in [6.07, 6.45) is 5.97. The maximum Gasteiger partial charge on any atom is 0.242 e. The van der Waals surface area contributed by atoms with Crippen LogP contribution in [0.4, 0.5) is 0 Å². The molecular weight excluding hydrogens is 152 g/mol. The first kappa shape index (κ1) is 8.05. The lowest BCUT2D eigenvalue weighted by Crippen LogP contribution is -2.76. The fourth-order valence-corrected chi connectivity index (χ4v) is 2.61. The van der Waals surface area contributed by atoms with E-state index >= 15 is 0 Å². The first-order valence-electron chi connectivity index (χ1n) is 4.72. The Labute approximate surface area is 72.9 Å². The van der Waals surface area contributed by atoms with E-state index in [1.165, 1.54) is 19.3 Å². The number of hydrogen-bond acceptors (Lipinski definition) is 2. The first-order valence-corrected chi connectivity index (χ1v) is 4.72. The summed E-state index contributed by atoms with van der Waals surface area (Å²) in [7, 11) is 1.89. The highest BCUT2D eigenvalue weighted by molar-refractivity contribution is 5.90. The lowest BCUT2D eigenvalue weighted by molar-refractivity contribution is -0.161. The Morgan fingerprint density at radius 1 is 1.42 bits per heavy atom.